The number of aliphatic hydroxyl groups excluding tert-OH is 1. The molecule has 0 amide bonds. The van der Waals surface area contributed by atoms with E-state index >= 15 is 0 Å². The van der Waals surface area contributed by atoms with E-state index in [2.05, 4.69) is 34.6 Å². The molecule has 0 radical (unpaired) electrons. The Morgan fingerprint density at radius 1 is 1.14 bits per heavy atom. The summed E-state index contributed by atoms with van der Waals surface area (Å²) in [7, 11) is 0. The van der Waals surface area contributed by atoms with Crippen molar-refractivity contribution in [2.45, 2.75) is 60.2 Å². The van der Waals surface area contributed by atoms with Gasteiger partial charge in [-0.3, -0.25) is 0 Å². The van der Waals surface area contributed by atoms with E-state index in [1.54, 1.807) is 6.92 Å². The van der Waals surface area contributed by atoms with Gasteiger partial charge in [-0.1, -0.05) is 34.6 Å². The van der Waals surface area contributed by atoms with E-state index in [9.17, 15) is 5.11 Å². The molecule has 0 aromatic carbocycles. The van der Waals surface area contributed by atoms with Crippen LogP contribution in [-0.2, 0) is 4.74 Å². The molecule has 2 atom stereocenters. The van der Waals surface area contributed by atoms with Crippen LogP contribution in [0.2, 0.25) is 0 Å². The minimum absolute atomic E-state index is 0.152. The molecule has 0 aliphatic carbocycles. The monoisotopic (exact) mass is 202 g/mol. The standard InChI is InChI=1S/C12H26O2/c1-9(2)7-11(12(4,5)6)14-8-10(3)13/h9-11,13H,7-8H2,1-6H3. The number of rotatable bonds is 5. The van der Waals surface area contributed by atoms with E-state index in [4.69, 9.17) is 4.74 Å². The Hall–Kier alpha value is -0.0800. The van der Waals surface area contributed by atoms with Crippen molar-refractivity contribution in [3.8, 4) is 0 Å². The van der Waals surface area contributed by atoms with Gasteiger partial charge in [0.25, 0.3) is 0 Å². The van der Waals surface area contributed by atoms with Gasteiger partial charge in [-0.15, -0.1) is 0 Å². The van der Waals surface area contributed by atoms with Crippen molar-refractivity contribution in [2.75, 3.05) is 6.61 Å². The Morgan fingerprint density at radius 2 is 1.64 bits per heavy atom. The molecule has 86 valence electrons. The maximum atomic E-state index is 9.18. The van der Waals surface area contributed by atoms with E-state index in [-0.39, 0.29) is 17.6 Å². The van der Waals surface area contributed by atoms with Crippen LogP contribution in [0.25, 0.3) is 0 Å². The number of ether oxygens (including phenoxy) is 1. The Morgan fingerprint density at radius 3 is 1.93 bits per heavy atom. The summed E-state index contributed by atoms with van der Waals surface area (Å²) in [6.07, 6.45) is 0.917. The Balaban J connectivity index is 4.12. The number of hydrogen-bond acceptors (Lipinski definition) is 2. The van der Waals surface area contributed by atoms with E-state index in [1.807, 2.05) is 0 Å². The summed E-state index contributed by atoms with van der Waals surface area (Å²) in [6, 6.07) is 0. The largest absolute Gasteiger partial charge is 0.391 e. The highest BCUT2D eigenvalue weighted by Gasteiger charge is 2.26. The molecule has 1 N–H and O–H groups in total. The van der Waals surface area contributed by atoms with Crippen LogP contribution in [0.3, 0.4) is 0 Å². The van der Waals surface area contributed by atoms with E-state index in [1.165, 1.54) is 0 Å². The topological polar surface area (TPSA) is 29.5 Å². The fourth-order valence-corrected chi connectivity index (χ4v) is 1.36. The summed E-state index contributed by atoms with van der Waals surface area (Å²) in [4.78, 5) is 0. The van der Waals surface area contributed by atoms with Crippen LogP contribution in [0, 0.1) is 11.3 Å². The minimum Gasteiger partial charge on any atom is -0.391 e. The lowest BCUT2D eigenvalue weighted by atomic mass is 9.84. The molecule has 0 bridgehead atoms. The molecule has 0 aromatic heterocycles. The fraction of sp³-hybridized carbons (Fsp3) is 1.00. The van der Waals surface area contributed by atoms with Gasteiger partial charge in [0.15, 0.2) is 0 Å². The average Bonchev–Trinajstić information content (AvgIpc) is 1.94. The Labute approximate surface area is 88.7 Å². The first-order valence-electron chi connectivity index (χ1n) is 5.53. The quantitative estimate of drug-likeness (QED) is 0.743. The minimum atomic E-state index is -0.369. The molecule has 0 aliphatic heterocycles. The third-order valence-electron chi connectivity index (χ3n) is 2.19. The molecule has 0 spiro atoms. The second-order valence-corrected chi connectivity index (χ2v) is 5.67. The molecule has 0 aromatic rings. The predicted octanol–water partition coefficient (Wildman–Crippen LogP) is 2.84. The summed E-state index contributed by atoms with van der Waals surface area (Å²) in [6.45, 7) is 13.1. The van der Waals surface area contributed by atoms with Gasteiger partial charge in [0.1, 0.15) is 0 Å². The van der Waals surface area contributed by atoms with Crippen LogP contribution in [0.5, 0.6) is 0 Å². The van der Waals surface area contributed by atoms with Crippen molar-refractivity contribution in [1.82, 2.24) is 0 Å². The highest BCUT2D eigenvalue weighted by Crippen LogP contribution is 2.27. The smallest absolute Gasteiger partial charge is 0.0745 e. The first kappa shape index (κ1) is 13.9. The van der Waals surface area contributed by atoms with Gasteiger partial charge >= 0.3 is 0 Å². The third-order valence-corrected chi connectivity index (χ3v) is 2.19. The Bertz CT molecular complexity index is 145. The third kappa shape index (κ3) is 6.39. The lowest BCUT2D eigenvalue weighted by Gasteiger charge is -2.32. The maximum Gasteiger partial charge on any atom is 0.0745 e. The van der Waals surface area contributed by atoms with E-state index in [0.29, 0.717) is 12.5 Å². The molecule has 0 saturated carbocycles. The van der Waals surface area contributed by atoms with Crippen LogP contribution >= 0.6 is 0 Å². The van der Waals surface area contributed by atoms with Crippen LogP contribution in [0.1, 0.15) is 48.0 Å². The summed E-state index contributed by atoms with van der Waals surface area (Å²) in [5, 5.41) is 9.18. The van der Waals surface area contributed by atoms with Crippen LogP contribution in [-0.4, -0.2) is 23.9 Å². The predicted molar refractivity (Wildman–Crippen MR) is 60.3 cm³/mol. The van der Waals surface area contributed by atoms with Gasteiger partial charge in [0.2, 0.25) is 0 Å². The van der Waals surface area contributed by atoms with Crippen molar-refractivity contribution >= 4 is 0 Å². The Kier molecular flexibility index (Phi) is 5.68. The lowest BCUT2D eigenvalue weighted by Crippen LogP contribution is -2.33. The highest BCUT2D eigenvalue weighted by atomic mass is 16.5. The zero-order valence-electron chi connectivity index (χ0n) is 10.5. The van der Waals surface area contributed by atoms with Gasteiger partial charge in [0.05, 0.1) is 18.8 Å². The molecular formula is C12H26O2. The summed E-state index contributed by atoms with van der Waals surface area (Å²) in [5.74, 6) is 0.633. The summed E-state index contributed by atoms with van der Waals surface area (Å²) >= 11 is 0. The fourth-order valence-electron chi connectivity index (χ4n) is 1.36. The van der Waals surface area contributed by atoms with Crippen molar-refractivity contribution in [3.63, 3.8) is 0 Å². The molecule has 0 aliphatic rings. The summed E-state index contributed by atoms with van der Waals surface area (Å²) < 4.78 is 5.73. The average molecular weight is 202 g/mol. The van der Waals surface area contributed by atoms with Crippen molar-refractivity contribution in [3.05, 3.63) is 0 Å². The molecule has 0 fully saturated rings. The van der Waals surface area contributed by atoms with Crippen molar-refractivity contribution in [2.24, 2.45) is 11.3 Å². The molecule has 2 nitrogen and oxygen atoms in total. The highest BCUT2D eigenvalue weighted by molar-refractivity contribution is 4.76. The van der Waals surface area contributed by atoms with Gasteiger partial charge in [-0.05, 0) is 24.7 Å². The number of aliphatic hydroxyl groups is 1. The van der Waals surface area contributed by atoms with Gasteiger partial charge < -0.3 is 9.84 Å². The maximum absolute atomic E-state index is 9.18. The van der Waals surface area contributed by atoms with Crippen molar-refractivity contribution < 1.29 is 9.84 Å². The van der Waals surface area contributed by atoms with Crippen LogP contribution < -0.4 is 0 Å². The second-order valence-electron chi connectivity index (χ2n) is 5.67. The van der Waals surface area contributed by atoms with E-state index in [0.717, 1.165) is 6.42 Å². The molecule has 0 rings (SSSR count). The number of hydrogen-bond donors (Lipinski definition) is 1. The summed E-state index contributed by atoms with van der Waals surface area (Å²) in [5.41, 5.74) is 0.152. The van der Waals surface area contributed by atoms with E-state index < -0.39 is 0 Å². The zero-order chi connectivity index (χ0) is 11.4. The molecule has 0 saturated heterocycles. The van der Waals surface area contributed by atoms with Gasteiger partial charge in [0, 0.05) is 0 Å². The molecule has 14 heavy (non-hydrogen) atoms. The molecule has 0 heterocycles. The van der Waals surface area contributed by atoms with Crippen LogP contribution in [0.4, 0.5) is 0 Å². The lowest BCUT2D eigenvalue weighted by molar-refractivity contribution is -0.0600. The second kappa shape index (κ2) is 5.72. The van der Waals surface area contributed by atoms with Gasteiger partial charge in [-0.2, -0.15) is 0 Å². The molecule has 2 unspecified atom stereocenters. The van der Waals surface area contributed by atoms with Gasteiger partial charge in [-0.25, -0.2) is 0 Å². The molecule has 2 heteroatoms. The van der Waals surface area contributed by atoms with Crippen LogP contribution in [0.15, 0.2) is 0 Å². The van der Waals surface area contributed by atoms with Crippen molar-refractivity contribution in [1.29, 1.82) is 0 Å². The zero-order valence-corrected chi connectivity index (χ0v) is 10.5. The first-order valence-corrected chi connectivity index (χ1v) is 5.53. The first-order chi connectivity index (χ1) is 6.23. The normalized spacial score (nSPS) is 17.1. The molecular weight excluding hydrogens is 176 g/mol. The SMILES string of the molecule is CC(C)CC(OCC(C)O)C(C)(C)C.